The summed E-state index contributed by atoms with van der Waals surface area (Å²) >= 11 is 23.1. The lowest BCUT2D eigenvalue weighted by Crippen LogP contribution is -2.12. The van der Waals surface area contributed by atoms with Gasteiger partial charge in [0.1, 0.15) is 29.3 Å². The lowest BCUT2D eigenvalue weighted by Gasteiger charge is -2.09. The third kappa shape index (κ3) is 4.92. The van der Waals surface area contributed by atoms with Crippen LogP contribution in [-0.4, -0.2) is 24.2 Å². The highest BCUT2D eigenvalue weighted by Crippen LogP contribution is 2.27. The van der Waals surface area contributed by atoms with Crippen LogP contribution in [0.1, 0.15) is 10.4 Å². The number of carbonyl (C=O) groups is 1. The number of ether oxygens (including phenoxy) is 2. The number of halogens is 4. The maximum atomic E-state index is 11.8. The van der Waals surface area contributed by atoms with Crippen molar-refractivity contribution >= 4 is 52.4 Å². The highest BCUT2D eigenvalue weighted by atomic mass is 35.5. The molecule has 1 heterocycles. The molecular weight excluding hydrogens is 372 g/mol. The van der Waals surface area contributed by atoms with Gasteiger partial charge in [-0.25, -0.2) is 9.78 Å². The van der Waals surface area contributed by atoms with Crippen LogP contribution >= 0.6 is 46.4 Å². The molecule has 22 heavy (non-hydrogen) atoms. The summed E-state index contributed by atoms with van der Waals surface area (Å²) in [4.78, 5) is 15.5. The Bertz CT molecular complexity index is 674. The Morgan fingerprint density at radius 3 is 2.32 bits per heavy atom. The summed E-state index contributed by atoms with van der Waals surface area (Å²) in [5, 5.41) is 1.12. The quantitative estimate of drug-likeness (QED) is 0.419. The first-order valence-electron chi connectivity index (χ1n) is 6.04. The second kappa shape index (κ2) is 7.88. The van der Waals surface area contributed by atoms with Crippen LogP contribution in [0.2, 0.25) is 20.4 Å². The van der Waals surface area contributed by atoms with Gasteiger partial charge in [-0.2, -0.15) is 0 Å². The normalized spacial score (nSPS) is 10.4. The van der Waals surface area contributed by atoms with Gasteiger partial charge in [-0.1, -0.05) is 46.4 Å². The van der Waals surface area contributed by atoms with Crippen LogP contribution in [-0.2, 0) is 4.74 Å². The molecule has 0 saturated heterocycles. The van der Waals surface area contributed by atoms with Gasteiger partial charge in [-0.15, -0.1) is 0 Å². The zero-order valence-corrected chi connectivity index (χ0v) is 14.0. The van der Waals surface area contributed by atoms with E-state index in [1.54, 1.807) is 18.2 Å². The third-order valence-corrected chi connectivity index (χ3v) is 3.38. The third-order valence-electron chi connectivity index (χ3n) is 2.47. The number of hydrogen-bond acceptors (Lipinski definition) is 4. The van der Waals surface area contributed by atoms with Crippen molar-refractivity contribution in [3.05, 3.63) is 56.2 Å². The van der Waals surface area contributed by atoms with E-state index in [9.17, 15) is 4.79 Å². The van der Waals surface area contributed by atoms with Gasteiger partial charge in [-0.05, 0) is 30.3 Å². The summed E-state index contributed by atoms with van der Waals surface area (Å²) in [7, 11) is 0. The van der Waals surface area contributed by atoms with Crippen molar-refractivity contribution in [3.8, 4) is 5.75 Å². The summed E-state index contributed by atoms with van der Waals surface area (Å²) in [6, 6.07) is 7.58. The standard InChI is InChI=1S/C14H9Cl4NO3/c15-9-1-2-11(10(16)7-9)21-3-4-22-14(20)8-5-12(17)19-13(18)6-8/h1-2,5-7H,3-4H2. The van der Waals surface area contributed by atoms with E-state index >= 15 is 0 Å². The number of benzene rings is 1. The molecule has 0 spiro atoms. The van der Waals surface area contributed by atoms with Gasteiger partial charge in [0.15, 0.2) is 0 Å². The van der Waals surface area contributed by atoms with E-state index in [0.717, 1.165) is 0 Å². The van der Waals surface area contributed by atoms with Gasteiger partial charge in [0, 0.05) is 5.02 Å². The number of pyridine rings is 1. The molecule has 1 aromatic carbocycles. The highest BCUT2D eigenvalue weighted by molar-refractivity contribution is 6.35. The molecule has 0 fully saturated rings. The molecule has 0 amide bonds. The molecule has 2 aromatic rings. The molecule has 0 aliphatic carbocycles. The monoisotopic (exact) mass is 379 g/mol. The molecule has 1 aromatic heterocycles. The summed E-state index contributed by atoms with van der Waals surface area (Å²) < 4.78 is 10.4. The topological polar surface area (TPSA) is 48.4 Å². The van der Waals surface area contributed by atoms with Gasteiger partial charge in [-0.3, -0.25) is 0 Å². The fourth-order valence-corrected chi connectivity index (χ4v) is 2.47. The molecule has 116 valence electrons. The number of carbonyl (C=O) groups excluding carboxylic acids is 1. The van der Waals surface area contributed by atoms with E-state index in [0.29, 0.717) is 15.8 Å². The second-order valence-corrected chi connectivity index (χ2v) is 5.68. The minimum atomic E-state index is -0.572. The molecule has 2 rings (SSSR count). The molecule has 0 bridgehead atoms. The fraction of sp³-hybridized carbons (Fsp3) is 0.143. The minimum Gasteiger partial charge on any atom is -0.488 e. The first-order valence-corrected chi connectivity index (χ1v) is 7.55. The Balaban J connectivity index is 1.84. The van der Waals surface area contributed by atoms with Crippen molar-refractivity contribution in [1.82, 2.24) is 4.98 Å². The molecule has 0 N–H and O–H groups in total. The van der Waals surface area contributed by atoms with Crippen molar-refractivity contribution in [2.45, 2.75) is 0 Å². The Morgan fingerprint density at radius 2 is 1.68 bits per heavy atom. The van der Waals surface area contributed by atoms with Crippen LogP contribution in [0.4, 0.5) is 0 Å². The van der Waals surface area contributed by atoms with E-state index in [2.05, 4.69) is 4.98 Å². The molecule has 0 aliphatic heterocycles. The minimum absolute atomic E-state index is 0.0371. The highest BCUT2D eigenvalue weighted by Gasteiger charge is 2.10. The lowest BCUT2D eigenvalue weighted by molar-refractivity contribution is 0.0450. The largest absolute Gasteiger partial charge is 0.488 e. The van der Waals surface area contributed by atoms with Gasteiger partial charge >= 0.3 is 5.97 Å². The molecular formula is C14H9Cl4NO3. The maximum absolute atomic E-state index is 11.8. The predicted octanol–water partition coefficient (Wildman–Crippen LogP) is 4.93. The molecule has 0 atom stereocenters. The zero-order chi connectivity index (χ0) is 16.1. The SMILES string of the molecule is O=C(OCCOc1ccc(Cl)cc1Cl)c1cc(Cl)nc(Cl)c1. The number of aromatic nitrogens is 1. The van der Waals surface area contributed by atoms with Gasteiger partial charge in [0.25, 0.3) is 0 Å². The van der Waals surface area contributed by atoms with Crippen molar-refractivity contribution in [1.29, 1.82) is 0 Å². The second-order valence-electron chi connectivity index (χ2n) is 4.06. The summed E-state index contributed by atoms with van der Waals surface area (Å²) in [6.45, 7) is 0.176. The van der Waals surface area contributed by atoms with E-state index in [1.165, 1.54) is 12.1 Å². The van der Waals surface area contributed by atoms with E-state index in [1.807, 2.05) is 0 Å². The zero-order valence-electron chi connectivity index (χ0n) is 11.0. The lowest BCUT2D eigenvalue weighted by atomic mass is 10.3. The van der Waals surface area contributed by atoms with E-state index in [-0.39, 0.29) is 29.1 Å². The van der Waals surface area contributed by atoms with Gasteiger partial charge < -0.3 is 9.47 Å². The van der Waals surface area contributed by atoms with Crippen LogP contribution in [0, 0.1) is 0 Å². The van der Waals surface area contributed by atoms with Crippen molar-refractivity contribution in [2.75, 3.05) is 13.2 Å². The molecule has 0 unspecified atom stereocenters. The molecule has 4 nitrogen and oxygen atoms in total. The van der Waals surface area contributed by atoms with Crippen LogP contribution in [0.5, 0.6) is 5.75 Å². The van der Waals surface area contributed by atoms with Crippen LogP contribution in [0.15, 0.2) is 30.3 Å². The average Bonchev–Trinajstić information content (AvgIpc) is 2.44. The van der Waals surface area contributed by atoms with Crippen LogP contribution in [0.3, 0.4) is 0 Å². The molecule has 0 saturated carbocycles. The first-order chi connectivity index (χ1) is 10.5. The molecule has 8 heteroatoms. The van der Waals surface area contributed by atoms with Crippen molar-refractivity contribution in [2.24, 2.45) is 0 Å². The summed E-state index contributed by atoms with van der Waals surface area (Å²) in [5.74, 6) is -0.117. The number of hydrogen-bond donors (Lipinski definition) is 0. The number of esters is 1. The molecule has 0 radical (unpaired) electrons. The Hall–Kier alpha value is -1.20. The predicted molar refractivity (Wildman–Crippen MR) is 86.5 cm³/mol. The average molecular weight is 381 g/mol. The number of nitrogens with zero attached hydrogens (tertiary/aromatic N) is 1. The molecule has 0 aliphatic rings. The van der Waals surface area contributed by atoms with Crippen molar-refractivity contribution in [3.63, 3.8) is 0 Å². The van der Waals surface area contributed by atoms with Crippen molar-refractivity contribution < 1.29 is 14.3 Å². The smallest absolute Gasteiger partial charge is 0.338 e. The Kier molecular flexibility index (Phi) is 6.15. The number of rotatable bonds is 5. The van der Waals surface area contributed by atoms with Gasteiger partial charge in [0.05, 0.1) is 10.6 Å². The maximum Gasteiger partial charge on any atom is 0.338 e. The van der Waals surface area contributed by atoms with Crippen LogP contribution < -0.4 is 4.74 Å². The van der Waals surface area contributed by atoms with E-state index in [4.69, 9.17) is 55.9 Å². The summed E-state index contributed by atoms with van der Waals surface area (Å²) in [5.41, 5.74) is 0.217. The summed E-state index contributed by atoms with van der Waals surface area (Å²) in [6.07, 6.45) is 0. The Labute approximate surface area is 146 Å². The van der Waals surface area contributed by atoms with Crippen LogP contribution in [0.25, 0.3) is 0 Å². The van der Waals surface area contributed by atoms with E-state index < -0.39 is 5.97 Å². The first kappa shape index (κ1) is 17.2. The Morgan fingerprint density at radius 1 is 1.00 bits per heavy atom. The van der Waals surface area contributed by atoms with Gasteiger partial charge in [0.2, 0.25) is 0 Å². The fourth-order valence-electron chi connectivity index (χ4n) is 1.54.